The molecule has 144 valence electrons. The van der Waals surface area contributed by atoms with Gasteiger partial charge in [-0.05, 0) is 55.4 Å². The SMILES string of the molecule is CNCCC(OCc1cccc(NC(=O)c2ccccc2)c1)c1ccccc1. The van der Waals surface area contributed by atoms with E-state index in [1.54, 1.807) is 12.1 Å². The lowest BCUT2D eigenvalue weighted by atomic mass is 10.1. The monoisotopic (exact) mass is 374 g/mol. The van der Waals surface area contributed by atoms with Crippen molar-refractivity contribution in [3.05, 3.63) is 102 Å². The van der Waals surface area contributed by atoms with Crippen LogP contribution in [0.15, 0.2) is 84.9 Å². The minimum atomic E-state index is -0.116. The molecule has 0 aliphatic rings. The lowest BCUT2D eigenvalue weighted by Gasteiger charge is -2.19. The molecule has 1 unspecified atom stereocenters. The van der Waals surface area contributed by atoms with Gasteiger partial charge in [-0.1, -0.05) is 60.7 Å². The molecule has 28 heavy (non-hydrogen) atoms. The predicted octanol–water partition coefficient (Wildman–Crippen LogP) is 4.81. The largest absolute Gasteiger partial charge is 0.369 e. The summed E-state index contributed by atoms with van der Waals surface area (Å²) in [6.45, 7) is 1.37. The Hall–Kier alpha value is -2.95. The summed E-state index contributed by atoms with van der Waals surface area (Å²) in [5, 5.41) is 6.13. The second-order valence-electron chi connectivity index (χ2n) is 6.62. The van der Waals surface area contributed by atoms with Gasteiger partial charge in [0.05, 0.1) is 12.7 Å². The van der Waals surface area contributed by atoms with E-state index < -0.39 is 0 Å². The zero-order valence-electron chi connectivity index (χ0n) is 16.1. The van der Waals surface area contributed by atoms with E-state index in [4.69, 9.17) is 4.74 Å². The predicted molar refractivity (Wildman–Crippen MR) is 113 cm³/mol. The highest BCUT2D eigenvalue weighted by Crippen LogP contribution is 2.23. The van der Waals surface area contributed by atoms with Crippen molar-refractivity contribution in [3.8, 4) is 0 Å². The van der Waals surface area contributed by atoms with E-state index in [1.165, 1.54) is 5.56 Å². The van der Waals surface area contributed by atoms with Gasteiger partial charge >= 0.3 is 0 Å². The fraction of sp³-hybridized carbons (Fsp3) is 0.208. The van der Waals surface area contributed by atoms with E-state index in [9.17, 15) is 4.79 Å². The summed E-state index contributed by atoms with van der Waals surface area (Å²) in [6.07, 6.45) is 0.918. The molecule has 0 aromatic heterocycles. The first-order valence-electron chi connectivity index (χ1n) is 9.53. The standard InChI is InChI=1S/C24H26N2O2/c1-25-16-15-23(20-10-4-2-5-11-20)28-18-19-9-8-14-22(17-19)26-24(27)21-12-6-3-7-13-21/h2-14,17,23,25H,15-16,18H2,1H3,(H,26,27). The van der Waals surface area contributed by atoms with E-state index in [0.29, 0.717) is 12.2 Å². The molecular formula is C24H26N2O2. The van der Waals surface area contributed by atoms with Crippen molar-refractivity contribution in [2.45, 2.75) is 19.1 Å². The van der Waals surface area contributed by atoms with Gasteiger partial charge < -0.3 is 15.4 Å². The normalized spacial score (nSPS) is 11.8. The van der Waals surface area contributed by atoms with Gasteiger partial charge in [0.25, 0.3) is 5.91 Å². The first-order chi connectivity index (χ1) is 13.8. The fourth-order valence-corrected chi connectivity index (χ4v) is 3.02. The van der Waals surface area contributed by atoms with Crippen LogP contribution in [0.2, 0.25) is 0 Å². The molecule has 0 spiro atoms. The Labute approximate surface area is 166 Å². The molecule has 0 radical (unpaired) electrons. The Morgan fingerprint density at radius 3 is 2.36 bits per heavy atom. The van der Waals surface area contributed by atoms with Crippen LogP contribution in [0.25, 0.3) is 0 Å². The zero-order chi connectivity index (χ0) is 19.6. The number of benzene rings is 3. The van der Waals surface area contributed by atoms with Gasteiger partial charge in [0.2, 0.25) is 0 Å². The molecule has 0 aliphatic heterocycles. The third-order valence-electron chi connectivity index (χ3n) is 4.50. The lowest BCUT2D eigenvalue weighted by Crippen LogP contribution is -2.14. The van der Waals surface area contributed by atoms with Crippen molar-refractivity contribution in [3.63, 3.8) is 0 Å². The van der Waals surface area contributed by atoms with Crippen LogP contribution in [-0.2, 0) is 11.3 Å². The molecule has 3 aromatic carbocycles. The van der Waals surface area contributed by atoms with Gasteiger partial charge in [-0.2, -0.15) is 0 Å². The molecule has 3 aromatic rings. The summed E-state index contributed by atoms with van der Waals surface area (Å²) in [5.74, 6) is -0.116. The number of carbonyl (C=O) groups is 1. The van der Waals surface area contributed by atoms with Crippen molar-refractivity contribution in [2.24, 2.45) is 0 Å². The molecule has 0 bridgehead atoms. The molecule has 0 saturated carbocycles. The molecule has 0 heterocycles. The summed E-state index contributed by atoms with van der Waals surface area (Å²) in [6, 6.07) is 27.3. The number of ether oxygens (including phenoxy) is 1. The van der Waals surface area contributed by atoms with Crippen LogP contribution in [0.1, 0.15) is 34.0 Å². The van der Waals surface area contributed by atoms with E-state index in [0.717, 1.165) is 24.2 Å². The maximum Gasteiger partial charge on any atom is 0.255 e. The fourth-order valence-electron chi connectivity index (χ4n) is 3.02. The van der Waals surface area contributed by atoms with E-state index in [1.807, 2.05) is 67.7 Å². The number of rotatable bonds is 9. The summed E-state index contributed by atoms with van der Waals surface area (Å²) >= 11 is 0. The molecule has 0 fully saturated rings. The Kier molecular flexibility index (Phi) is 7.36. The summed E-state index contributed by atoms with van der Waals surface area (Å²) in [4.78, 5) is 12.3. The molecule has 0 aliphatic carbocycles. The number of anilines is 1. The highest BCUT2D eigenvalue weighted by Gasteiger charge is 2.12. The van der Waals surface area contributed by atoms with Gasteiger partial charge in [-0.3, -0.25) is 4.79 Å². The topological polar surface area (TPSA) is 50.4 Å². The first-order valence-corrected chi connectivity index (χ1v) is 9.53. The molecule has 1 amide bonds. The quantitative estimate of drug-likeness (QED) is 0.565. The van der Waals surface area contributed by atoms with Gasteiger partial charge in [0.15, 0.2) is 0 Å². The van der Waals surface area contributed by atoms with Gasteiger partial charge in [-0.25, -0.2) is 0 Å². The Bertz CT molecular complexity index is 866. The van der Waals surface area contributed by atoms with Crippen molar-refractivity contribution in [1.82, 2.24) is 5.32 Å². The van der Waals surface area contributed by atoms with Crippen molar-refractivity contribution in [2.75, 3.05) is 18.9 Å². The van der Waals surface area contributed by atoms with Crippen LogP contribution in [0, 0.1) is 0 Å². The molecule has 4 heteroatoms. The Morgan fingerprint density at radius 1 is 0.929 bits per heavy atom. The van der Waals surface area contributed by atoms with E-state index in [-0.39, 0.29) is 12.0 Å². The van der Waals surface area contributed by atoms with Gasteiger partial charge in [0, 0.05) is 11.3 Å². The minimum absolute atomic E-state index is 0.0243. The number of hydrogen-bond donors (Lipinski definition) is 2. The van der Waals surface area contributed by atoms with Crippen LogP contribution in [0.4, 0.5) is 5.69 Å². The van der Waals surface area contributed by atoms with Crippen LogP contribution in [0.5, 0.6) is 0 Å². The molecule has 0 saturated heterocycles. The smallest absolute Gasteiger partial charge is 0.255 e. The summed E-state index contributed by atoms with van der Waals surface area (Å²) < 4.78 is 6.21. The molecule has 1 atom stereocenters. The third kappa shape index (κ3) is 5.78. The van der Waals surface area contributed by atoms with Crippen molar-refractivity contribution in [1.29, 1.82) is 0 Å². The summed E-state index contributed by atoms with van der Waals surface area (Å²) in [7, 11) is 1.95. The summed E-state index contributed by atoms with van der Waals surface area (Å²) in [5.41, 5.74) is 3.60. The van der Waals surface area contributed by atoms with E-state index >= 15 is 0 Å². The maximum atomic E-state index is 12.3. The van der Waals surface area contributed by atoms with E-state index in [2.05, 4.69) is 22.8 Å². The van der Waals surface area contributed by atoms with Crippen molar-refractivity contribution >= 4 is 11.6 Å². The van der Waals surface area contributed by atoms with Crippen LogP contribution >= 0.6 is 0 Å². The molecule has 2 N–H and O–H groups in total. The van der Waals surface area contributed by atoms with Gasteiger partial charge in [-0.15, -0.1) is 0 Å². The second-order valence-corrected chi connectivity index (χ2v) is 6.62. The lowest BCUT2D eigenvalue weighted by molar-refractivity contribution is 0.0344. The number of hydrogen-bond acceptors (Lipinski definition) is 3. The first kappa shape index (κ1) is 19.8. The maximum absolute atomic E-state index is 12.3. The number of carbonyl (C=O) groups excluding carboxylic acids is 1. The highest BCUT2D eigenvalue weighted by atomic mass is 16.5. The molecular weight excluding hydrogens is 348 g/mol. The highest BCUT2D eigenvalue weighted by molar-refractivity contribution is 6.04. The van der Waals surface area contributed by atoms with Crippen molar-refractivity contribution < 1.29 is 9.53 Å². The van der Waals surface area contributed by atoms with Crippen LogP contribution in [-0.4, -0.2) is 19.5 Å². The van der Waals surface area contributed by atoms with Crippen LogP contribution in [0.3, 0.4) is 0 Å². The number of nitrogens with one attached hydrogen (secondary N) is 2. The zero-order valence-corrected chi connectivity index (χ0v) is 16.1. The second kappa shape index (κ2) is 10.4. The third-order valence-corrected chi connectivity index (χ3v) is 4.50. The average Bonchev–Trinajstić information content (AvgIpc) is 2.75. The molecule has 4 nitrogen and oxygen atoms in total. The van der Waals surface area contributed by atoms with Gasteiger partial charge in [0.1, 0.15) is 0 Å². The minimum Gasteiger partial charge on any atom is -0.369 e. The average molecular weight is 374 g/mol. The Morgan fingerprint density at radius 2 is 1.64 bits per heavy atom. The Balaban J connectivity index is 1.63. The molecule has 3 rings (SSSR count). The number of amides is 1. The van der Waals surface area contributed by atoms with Crippen LogP contribution < -0.4 is 10.6 Å².